The van der Waals surface area contributed by atoms with Gasteiger partial charge in [-0.3, -0.25) is 0 Å². The summed E-state index contributed by atoms with van der Waals surface area (Å²) in [6, 6.07) is 8.54. The Balaban J connectivity index is 2.33. The van der Waals surface area contributed by atoms with E-state index in [1.165, 1.54) is 5.56 Å². The van der Waals surface area contributed by atoms with E-state index in [1.54, 1.807) is 11.3 Å². The molecule has 16 heavy (non-hydrogen) atoms. The van der Waals surface area contributed by atoms with Crippen LogP contribution in [0.1, 0.15) is 23.5 Å². The maximum absolute atomic E-state index is 4.38. The van der Waals surface area contributed by atoms with E-state index < -0.39 is 0 Å². The first kappa shape index (κ1) is 11.8. The van der Waals surface area contributed by atoms with E-state index in [-0.39, 0.29) is 6.04 Å². The summed E-state index contributed by atoms with van der Waals surface area (Å²) >= 11 is 5.18. The van der Waals surface area contributed by atoms with Crippen LogP contribution >= 0.6 is 27.3 Å². The van der Waals surface area contributed by atoms with Crippen molar-refractivity contribution >= 4 is 27.3 Å². The van der Waals surface area contributed by atoms with Gasteiger partial charge in [0.25, 0.3) is 0 Å². The van der Waals surface area contributed by atoms with Crippen molar-refractivity contribution in [1.82, 2.24) is 10.3 Å². The predicted octanol–water partition coefficient (Wildman–Crippen LogP) is 3.60. The van der Waals surface area contributed by atoms with Crippen molar-refractivity contribution in [3.05, 3.63) is 50.9 Å². The first-order chi connectivity index (χ1) is 7.81. The van der Waals surface area contributed by atoms with E-state index in [4.69, 9.17) is 0 Å². The van der Waals surface area contributed by atoms with Crippen LogP contribution in [-0.4, -0.2) is 11.5 Å². The summed E-state index contributed by atoms with van der Waals surface area (Å²) in [5.41, 5.74) is 1.24. The fourth-order valence-corrected chi connectivity index (χ4v) is 2.77. The Kier molecular flexibility index (Phi) is 4.09. The van der Waals surface area contributed by atoms with E-state index >= 15 is 0 Å². The molecule has 0 amide bonds. The Morgan fingerprint density at radius 2 is 2.38 bits per heavy atom. The summed E-state index contributed by atoms with van der Waals surface area (Å²) in [5.74, 6) is 0. The summed E-state index contributed by atoms with van der Waals surface area (Å²) < 4.78 is 1.10. The number of rotatable bonds is 4. The Hall–Kier alpha value is -0.710. The number of thiazole rings is 1. The van der Waals surface area contributed by atoms with Gasteiger partial charge >= 0.3 is 0 Å². The van der Waals surface area contributed by atoms with Crippen LogP contribution in [0.3, 0.4) is 0 Å². The number of aromatic nitrogens is 1. The second-order valence-corrected chi connectivity index (χ2v) is 5.26. The fraction of sp³-hybridized carbons (Fsp3) is 0.250. The molecular formula is C12H13BrN2S. The van der Waals surface area contributed by atoms with Gasteiger partial charge in [0.05, 0.1) is 6.04 Å². The van der Waals surface area contributed by atoms with E-state index in [0.29, 0.717) is 0 Å². The maximum atomic E-state index is 4.38. The first-order valence-corrected chi connectivity index (χ1v) is 6.86. The third kappa shape index (κ3) is 2.70. The van der Waals surface area contributed by atoms with Gasteiger partial charge in [0, 0.05) is 16.0 Å². The molecular weight excluding hydrogens is 284 g/mol. The van der Waals surface area contributed by atoms with Crippen molar-refractivity contribution < 1.29 is 0 Å². The second kappa shape index (κ2) is 5.57. The monoisotopic (exact) mass is 296 g/mol. The quantitative estimate of drug-likeness (QED) is 0.932. The van der Waals surface area contributed by atoms with Crippen LogP contribution in [-0.2, 0) is 0 Å². The molecule has 0 saturated heterocycles. The lowest BCUT2D eigenvalue weighted by molar-refractivity contribution is 0.627. The second-order valence-electron chi connectivity index (χ2n) is 3.42. The Morgan fingerprint density at radius 1 is 1.50 bits per heavy atom. The van der Waals surface area contributed by atoms with E-state index in [2.05, 4.69) is 51.4 Å². The summed E-state index contributed by atoms with van der Waals surface area (Å²) in [4.78, 5) is 4.38. The zero-order valence-electron chi connectivity index (χ0n) is 8.98. The highest BCUT2D eigenvalue weighted by Gasteiger charge is 2.15. The molecule has 1 aromatic carbocycles. The van der Waals surface area contributed by atoms with Gasteiger partial charge in [-0.2, -0.15) is 0 Å². The van der Waals surface area contributed by atoms with Crippen LogP contribution in [0.15, 0.2) is 40.3 Å². The number of nitrogens with zero attached hydrogens (tertiary/aromatic N) is 1. The molecule has 2 nitrogen and oxygen atoms in total. The van der Waals surface area contributed by atoms with Gasteiger partial charge in [-0.05, 0) is 24.2 Å². The average Bonchev–Trinajstić information content (AvgIpc) is 2.79. The van der Waals surface area contributed by atoms with Crippen LogP contribution in [0.2, 0.25) is 0 Å². The molecule has 0 aliphatic carbocycles. The van der Waals surface area contributed by atoms with E-state index in [9.17, 15) is 0 Å². The highest BCUT2D eigenvalue weighted by molar-refractivity contribution is 9.10. The standard InChI is InChI=1S/C12H13BrN2S/c1-2-14-11(12-15-6-7-16-12)9-4-3-5-10(13)8-9/h3-8,11,14H,2H2,1H3. The lowest BCUT2D eigenvalue weighted by Gasteiger charge is -2.15. The highest BCUT2D eigenvalue weighted by Crippen LogP contribution is 2.25. The minimum Gasteiger partial charge on any atom is -0.305 e. The molecule has 1 atom stereocenters. The van der Waals surface area contributed by atoms with Crippen LogP contribution in [0.25, 0.3) is 0 Å². The average molecular weight is 297 g/mol. The minimum absolute atomic E-state index is 0.197. The van der Waals surface area contributed by atoms with Crippen molar-refractivity contribution in [2.75, 3.05) is 6.54 Å². The lowest BCUT2D eigenvalue weighted by Crippen LogP contribution is -2.21. The number of hydrogen-bond acceptors (Lipinski definition) is 3. The van der Waals surface area contributed by atoms with Gasteiger partial charge in [0.2, 0.25) is 0 Å². The molecule has 84 valence electrons. The molecule has 0 aliphatic heterocycles. The molecule has 0 saturated carbocycles. The van der Waals surface area contributed by atoms with Gasteiger partial charge in [0.15, 0.2) is 0 Å². The molecule has 0 spiro atoms. The van der Waals surface area contributed by atoms with Crippen molar-refractivity contribution in [2.45, 2.75) is 13.0 Å². The van der Waals surface area contributed by atoms with Gasteiger partial charge in [-0.15, -0.1) is 11.3 Å². The molecule has 0 bridgehead atoms. The summed E-state index contributed by atoms with van der Waals surface area (Å²) in [7, 11) is 0. The largest absolute Gasteiger partial charge is 0.305 e. The van der Waals surface area contributed by atoms with Crippen LogP contribution in [0.4, 0.5) is 0 Å². The van der Waals surface area contributed by atoms with Gasteiger partial charge in [-0.1, -0.05) is 35.0 Å². The molecule has 1 heterocycles. The van der Waals surface area contributed by atoms with Crippen molar-refractivity contribution in [1.29, 1.82) is 0 Å². The SMILES string of the molecule is CCNC(c1cccc(Br)c1)c1nccs1. The van der Waals surface area contributed by atoms with Gasteiger partial charge in [-0.25, -0.2) is 4.98 Å². The smallest absolute Gasteiger partial charge is 0.114 e. The molecule has 1 unspecified atom stereocenters. The molecule has 0 aliphatic rings. The van der Waals surface area contributed by atoms with Crippen molar-refractivity contribution in [3.63, 3.8) is 0 Å². The number of benzene rings is 1. The van der Waals surface area contributed by atoms with Crippen LogP contribution < -0.4 is 5.32 Å². The molecule has 2 rings (SSSR count). The molecule has 0 fully saturated rings. The number of halogens is 1. The maximum Gasteiger partial charge on any atom is 0.114 e. The molecule has 2 aromatic rings. The Bertz CT molecular complexity index is 442. The van der Waals surface area contributed by atoms with E-state index in [0.717, 1.165) is 16.0 Å². The normalized spacial score (nSPS) is 12.6. The first-order valence-electron chi connectivity index (χ1n) is 5.19. The Labute approximate surface area is 108 Å². The highest BCUT2D eigenvalue weighted by atomic mass is 79.9. The van der Waals surface area contributed by atoms with Crippen molar-refractivity contribution in [3.8, 4) is 0 Å². The summed E-state index contributed by atoms with van der Waals surface area (Å²) in [5, 5.41) is 6.58. The zero-order valence-corrected chi connectivity index (χ0v) is 11.4. The van der Waals surface area contributed by atoms with Gasteiger partial charge in [0.1, 0.15) is 5.01 Å². The summed E-state index contributed by atoms with van der Waals surface area (Å²) in [6.45, 7) is 3.04. The third-order valence-corrected chi connectivity index (χ3v) is 3.62. The third-order valence-electron chi connectivity index (χ3n) is 2.29. The molecule has 0 radical (unpaired) electrons. The fourth-order valence-electron chi connectivity index (χ4n) is 1.62. The summed E-state index contributed by atoms with van der Waals surface area (Å²) in [6.07, 6.45) is 1.85. The topological polar surface area (TPSA) is 24.9 Å². The number of hydrogen-bond donors (Lipinski definition) is 1. The predicted molar refractivity (Wildman–Crippen MR) is 71.8 cm³/mol. The molecule has 1 N–H and O–H groups in total. The van der Waals surface area contributed by atoms with Crippen LogP contribution in [0.5, 0.6) is 0 Å². The van der Waals surface area contributed by atoms with Gasteiger partial charge < -0.3 is 5.32 Å². The Morgan fingerprint density at radius 3 is 3.00 bits per heavy atom. The lowest BCUT2D eigenvalue weighted by atomic mass is 10.1. The molecule has 4 heteroatoms. The zero-order chi connectivity index (χ0) is 11.4. The van der Waals surface area contributed by atoms with E-state index in [1.807, 2.05) is 17.6 Å². The minimum atomic E-state index is 0.197. The van der Waals surface area contributed by atoms with Crippen molar-refractivity contribution in [2.24, 2.45) is 0 Å². The van der Waals surface area contributed by atoms with Crippen LogP contribution in [0, 0.1) is 0 Å². The molecule has 1 aromatic heterocycles. The number of nitrogens with one attached hydrogen (secondary N) is 1.